The molecule has 0 atom stereocenters. The maximum atomic E-state index is 11.4. The minimum absolute atomic E-state index is 0.101. The second-order valence-corrected chi connectivity index (χ2v) is 3.74. The Morgan fingerprint density at radius 1 is 1.64 bits per heavy atom. The van der Waals surface area contributed by atoms with E-state index in [1.165, 1.54) is 6.08 Å². The Balaban J connectivity index is 2.72. The van der Waals surface area contributed by atoms with Crippen LogP contribution in [0.1, 0.15) is 10.4 Å². The van der Waals surface area contributed by atoms with E-state index in [9.17, 15) is 4.79 Å². The zero-order valence-electron chi connectivity index (χ0n) is 7.25. The third-order valence-electron chi connectivity index (χ3n) is 1.95. The molecule has 4 heteroatoms. The third-order valence-corrected chi connectivity index (χ3v) is 2.38. The number of aromatic nitrogens is 2. The fraction of sp³-hybridized carbons (Fsp3) is 0. The van der Waals surface area contributed by atoms with Crippen molar-refractivity contribution in [1.82, 2.24) is 9.97 Å². The van der Waals surface area contributed by atoms with Gasteiger partial charge in [0, 0.05) is 27.8 Å². The molecular formula is C10H7BrN2O. The standard InChI is InChI=1S/C10H7BrN2O/c1-2-9(14)8-5-13-10-7(8)3-6(11)4-12-10/h2-5H,1H2,(H,12,13). The number of hydrogen-bond donors (Lipinski definition) is 1. The molecule has 0 spiro atoms. The summed E-state index contributed by atoms with van der Waals surface area (Å²) < 4.78 is 0.850. The lowest BCUT2D eigenvalue weighted by atomic mass is 10.1. The Hall–Kier alpha value is -1.42. The van der Waals surface area contributed by atoms with Crippen LogP contribution < -0.4 is 0 Å². The molecule has 2 rings (SSSR count). The molecule has 2 aromatic heterocycles. The van der Waals surface area contributed by atoms with Crippen LogP contribution >= 0.6 is 15.9 Å². The number of rotatable bonds is 2. The fourth-order valence-electron chi connectivity index (χ4n) is 1.29. The molecule has 0 saturated heterocycles. The zero-order valence-corrected chi connectivity index (χ0v) is 8.84. The van der Waals surface area contributed by atoms with Gasteiger partial charge in [-0.25, -0.2) is 4.98 Å². The monoisotopic (exact) mass is 250 g/mol. The molecule has 3 nitrogen and oxygen atoms in total. The van der Waals surface area contributed by atoms with Crippen molar-refractivity contribution in [2.24, 2.45) is 0 Å². The number of ketones is 1. The van der Waals surface area contributed by atoms with Gasteiger partial charge in [-0.05, 0) is 28.1 Å². The van der Waals surface area contributed by atoms with Gasteiger partial charge in [0.25, 0.3) is 0 Å². The number of pyridine rings is 1. The molecule has 0 amide bonds. The Kier molecular flexibility index (Phi) is 2.21. The van der Waals surface area contributed by atoms with Crippen LogP contribution in [0.15, 0.2) is 35.6 Å². The lowest BCUT2D eigenvalue weighted by Gasteiger charge is -1.93. The van der Waals surface area contributed by atoms with Gasteiger partial charge < -0.3 is 4.98 Å². The number of nitrogens with one attached hydrogen (secondary N) is 1. The van der Waals surface area contributed by atoms with Gasteiger partial charge in [-0.2, -0.15) is 0 Å². The molecule has 0 unspecified atom stereocenters. The number of aromatic amines is 1. The van der Waals surface area contributed by atoms with Crippen LogP contribution in [0.25, 0.3) is 11.0 Å². The molecule has 0 aliphatic heterocycles. The van der Waals surface area contributed by atoms with Crippen molar-refractivity contribution in [3.05, 3.63) is 41.2 Å². The van der Waals surface area contributed by atoms with Crippen molar-refractivity contribution in [2.45, 2.75) is 0 Å². The van der Waals surface area contributed by atoms with Gasteiger partial charge in [-0.3, -0.25) is 4.79 Å². The van der Waals surface area contributed by atoms with Crippen molar-refractivity contribution in [3.8, 4) is 0 Å². The quantitative estimate of drug-likeness (QED) is 0.658. The highest BCUT2D eigenvalue weighted by atomic mass is 79.9. The van der Waals surface area contributed by atoms with Crippen molar-refractivity contribution in [1.29, 1.82) is 0 Å². The van der Waals surface area contributed by atoms with Crippen LogP contribution in [0, 0.1) is 0 Å². The summed E-state index contributed by atoms with van der Waals surface area (Å²) in [6.45, 7) is 3.45. The van der Waals surface area contributed by atoms with Gasteiger partial charge in [0.15, 0.2) is 5.78 Å². The summed E-state index contributed by atoms with van der Waals surface area (Å²) in [7, 11) is 0. The second kappa shape index (κ2) is 3.38. The van der Waals surface area contributed by atoms with Gasteiger partial charge in [-0.15, -0.1) is 0 Å². The summed E-state index contributed by atoms with van der Waals surface area (Å²) >= 11 is 3.31. The highest BCUT2D eigenvalue weighted by molar-refractivity contribution is 9.10. The van der Waals surface area contributed by atoms with Crippen LogP contribution in [0.3, 0.4) is 0 Å². The summed E-state index contributed by atoms with van der Waals surface area (Å²) in [5, 5.41) is 0.810. The number of H-pyrrole nitrogens is 1. The van der Waals surface area contributed by atoms with E-state index in [4.69, 9.17) is 0 Å². The van der Waals surface area contributed by atoms with Crippen molar-refractivity contribution < 1.29 is 4.79 Å². The van der Waals surface area contributed by atoms with E-state index < -0.39 is 0 Å². The van der Waals surface area contributed by atoms with Crippen molar-refractivity contribution in [3.63, 3.8) is 0 Å². The number of carbonyl (C=O) groups excluding carboxylic acids is 1. The van der Waals surface area contributed by atoms with E-state index in [1.54, 1.807) is 12.4 Å². The van der Waals surface area contributed by atoms with E-state index in [2.05, 4.69) is 32.5 Å². The number of allylic oxidation sites excluding steroid dienone is 1. The first-order chi connectivity index (χ1) is 6.72. The maximum absolute atomic E-state index is 11.4. The molecule has 0 aromatic carbocycles. The first kappa shape index (κ1) is 9.15. The summed E-state index contributed by atoms with van der Waals surface area (Å²) in [5.74, 6) is -0.101. The van der Waals surface area contributed by atoms with Gasteiger partial charge in [0.05, 0.1) is 0 Å². The van der Waals surface area contributed by atoms with E-state index in [0.717, 1.165) is 9.86 Å². The fourth-order valence-corrected chi connectivity index (χ4v) is 1.62. The molecule has 0 fully saturated rings. The first-order valence-corrected chi connectivity index (χ1v) is 4.81. The van der Waals surface area contributed by atoms with E-state index in [0.29, 0.717) is 11.2 Å². The predicted octanol–water partition coefficient (Wildman–Crippen LogP) is 2.69. The van der Waals surface area contributed by atoms with E-state index >= 15 is 0 Å². The number of halogens is 1. The first-order valence-electron chi connectivity index (χ1n) is 4.02. The van der Waals surface area contributed by atoms with Gasteiger partial charge in [0.2, 0.25) is 0 Å². The Labute approximate surface area is 89.0 Å². The zero-order chi connectivity index (χ0) is 10.1. The maximum Gasteiger partial charge on any atom is 0.187 e. The topological polar surface area (TPSA) is 45.8 Å². The summed E-state index contributed by atoms with van der Waals surface area (Å²) in [6.07, 6.45) is 4.62. The lowest BCUT2D eigenvalue weighted by Crippen LogP contribution is -1.91. The van der Waals surface area contributed by atoms with Crippen LogP contribution in [0.4, 0.5) is 0 Å². The molecule has 0 radical (unpaired) electrons. The molecule has 2 heterocycles. The summed E-state index contributed by atoms with van der Waals surface area (Å²) in [4.78, 5) is 18.5. The Morgan fingerprint density at radius 2 is 2.43 bits per heavy atom. The molecular weight excluding hydrogens is 244 g/mol. The van der Waals surface area contributed by atoms with Gasteiger partial charge in [0.1, 0.15) is 5.65 Å². The third kappa shape index (κ3) is 1.37. The van der Waals surface area contributed by atoms with Crippen LogP contribution in [-0.2, 0) is 0 Å². The molecule has 0 bridgehead atoms. The highest BCUT2D eigenvalue weighted by Gasteiger charge is 2.09. The van der Waals surface area contributed by atoms with E-state index in [1.807, 2.05) is 6.07 Å². The van der Waals surface area contributed by atoms with Crippen molar-refractivity contribution >= 4 is 32.7 Å². The summed E-state index contributed by atoms with van der Waals surface area (Å²) in [6, 6.07) is 1.86. The normalized spacial score (nSPS) is 10.4. The highest BCUT2D eigenvalue weighted by Crippen LogP contribution is 2.20. The molecule has 14 heavy (non-hydrogen) atoms. The minimum atomic E-state index is -0.101. The smallest absolute Gasteiger partial charge is 0.187 e. The van der Waals surface area contributed by atoms with Crippen molar-refractivity contribution in [2.75, 3.05) is 0 Å². The SMILES string of the molecule is C=CC(=O)c1c[nH]c2ncc(Br)cc12. The predicted molar refractivity (Wildman–Crippen MR) is 58.3 cm³/mol. The molecule has 0 saturated carbocycles. The Morgan fingerprint density at radius 3 is 3.14 bits per heavy atom. The average molecular weight is 251 g/mol. The number of hydrogen-bond acceptors (Lipinski definition) is 2. The minimum Gasteiger partial charge on any atom is -0.345 e. The van der Waals surface area contributed by atoms with Crippen LogP contribution in [0.5, 0.6) is 0 Å². The van der Waals surface area contributed by atoms with E-state index in [-0.39, 0.29) is 5.78 Å². The molecule has 1 N–H and O–H groups in total. The van der Waals surface area contributed by atoms with Crippen LogP contribution in [-0.4, -0.2) is 15.8 Å². The number of carbonyl (C=O) groups is 1. The number of nitrogens with zero attached hydrogens (tertiary/aromatic N) is 1. The number of fused-ring (bicyclic) bond motifs is 1. The van der Waals surface area contributed by atoms with Gasteiger partial charge in [-0.1, -0.05) is 6.58 Å². The van der Waals surface area contributed by atoms with Crippen LogP contribution in [0.2, 0.25) is 0 Å². The van der Waals surface area contributed by atoms with Gasteiger partial charge >= 0.3 is 0 Å². The molecule has 0 aliphatic rings. The summed E-state index contributed by atoms with van der Waals surface area (Å²) in [5.41, 5.74) is 1.31. The average Bonchev–Trinajstić information content (AvgIpc) is 2.59. The molecule has 70 valence electrons. The molecule has 0 aliphatic carbocycles. The Bertz CT molecular complexity index is 516. The largest absolute Gasteiger partial charge is 0.345 e. The lowest BCUT2D eigenvalue weighted by molar-refractivity contribution is 0.104. The second-order valence-electron chi connectivity index (χ2n) is 2.82. The molecule has 2 aromatic rings.